The first kappa shape index (κ1) is 14.7. The van der Waals surface area contributed by atoms with Gasteiger partial charge in [0.15, 0.2) is 0 Å². The molecule has 0 bridgehead atoms. The van der Waals surface area contributed by atoms with Crippen LogP contribution in [-0.4, -0.2) is 4.92 Å². The zero-order valence-corrected chi connectivity index (χ0v) is 10.8. The molecule has 2 aromatic rings. The van der Waals surface area contributed by atoms with E-state index in [0.717, 1.165) is 11.1 Å². The van der Waals surface area contributed by atoms with Gasteiger partial charge in [-0.1, -0.05) is 36.4 Å². The van der Waals surface area contributed by atoms with Crippen molar-refractivity contribution in [2.45, 2.75) is 0 Å². The Morgan fingerprint density at radius 1 is 1.00 bits per heavy atom. The Morgan fingerprint density at radius 2 is 1.58 bits per heavy atom. The second kappa shape index (κ2) is 6.56. The maximum Gasteiger partial charge on any atom is 0.270 e. The zero-order valence-electron chi connectivity index (χ0n) is 10.0. The third kappa shape index (κ3) is 4.12. The molecule has 0 radical (unpaired) electrons. The molecule has 0 saturated heterocycles. The van der Waals surface area contributed by atoms with Crippen molar-refractivity contribution in [3.05, 3.63) is 69.8 Å². The molecule has 0 aliphatic rings. The smallest absolute Gasteiger partial charge is 0.270 e. The summed E-state index contributed by atoms with van der Waals surface area (Å²) in [6, 6.07) is 13.9. The summed E-state index contributed by atoms with van der Waals surface area (Å²) < 4.78 is 0. The quantitative estimate of drug-likeness (QED) is 0.401. The van der Waals surface area contributed by atoms with E-state index in [4.69, 9.17) is 5.73 Å². The van der Waals surface area contributed by atoms with Gasteiger partial charge in [-0.15, -0.1) is 12.4 Å². The molecule has 0 atom stereocenters. The van der Waals surface area contributed by atoms with E-state index in [0.29, 0.717) is 5.69 Å². The molecule has 0 unspecified atom stereocenters. The number of hydrogen-bond donors (Lipinski definition) is 1. The molecule has 0 amide bonds. The highest BCUT2D eigenvalue weighted by Gasteiger charge is 2.03. The van der Waals surface area contributed by atoms with Gasteiger partial charge < -0.3 is 5.73 Å². The first-order valence-electron chi connectivity index (χ1n) is 5.43. The van der Waals surface area contributed by atoms with E-state index in [1.807, 2.05) is 42.5 Å². The fourth-order valence-electron chi connectivity index (χ4n) is 1.60. The van der Waals surface area contributed by atoms with Gasteiger partial charge in [0.25, 0.3) is 5.69 Å². The number of halogens is 1. The normalized spacial score (nSPS) is 10.1. The number of nitro benzene ring substituents is 1. The standard InChI is InChI=1S/C14H12N2O2.ClH/c15-13-5-1-3-11(9-13)7-8-12-4-2-6-14(10-12)16(17)18;/h1-10H,15H2;1H/b8-7+;. The Kier molecular flexibility index (Phi) is 5.09. The minimum Gasteiger partial charge on any atom is -0.399 e. The molecule has 5 heteroatoms. The Hall–Kier alpha value is -2.33. The van der Waals surface area contributed by atoms with Crippen molar-refractivity contribution in [1.29, 1.82) is 0 Å². The fraction of sp³-hybridized carbons (Fsp3) is 0. The van der Waals surface area contributed by atoms with Crippen molar-refractivity contribution >= 4 is 35.9 Å². The first-order valence-corrected chi connectivity index (χ1v) is 5.43. The number of nitrogens with zero attached hydrogens (tertiary/aromatic N) is 1. The topological polar surface area (TPSA) is 69.2 Å². The molecule has 0 spiro atoms. The molecular weight excluding hydrogens is 264 g/mol. The fourth-order valence-corrected chi connectivity index (χ4v) is 1.60. The third-order valence-corrected chi connectivity index (χ3v) is 2.46. The average Bonchev–Trinajstić information content (AvgIpc) is 2.37. The number of benzene rings is 2. The molecule has 98 valence electrons. The summed E-state index contributed by atoms with van der Waals surface area (Å²) >= 11 is 0. The number of hydrogen-bond acceptors (Lipinski definition) is 3. The second-order valence-corrected chi connectivity index (χ2v) is 3.86. The Bertz CT molecular complexity index is 612. The van der Waals surface area contributed by atoms with Gasteiger partial charge in [-0.05, 0) is 23.3 Å². The second-order valence-electron chi connectivity index (χ2n) is 3.86. The van der Waals surface area contributed by atoms with E-state index >= 15 is 0 Å². The van der Waals surface area contributed by atoms with Crippen molar-refractivity contribution in [2.24, 2.45) is 0 Å². The van der Waals surface area contributed by atoms with Gasteiger partial charge in [0.05, 0.1) is 4.92 Å². The molecule has 19 heavy (non-hydrogen) atoms. The molecular formula is C14H13ClN2O2. The predicted octanol–water partition coefficient (Wildman–Crippen LogP) is 3.77. The zero-order chi connectivity index (χ0) is 13.0. The van der Waals surface area contributed by atoms with E-state index in [1.54, 1.807) is 6.07 Å². The molecule has 0 fully saturated rings. The molecule has 0 aliphatic carbocycles. The molecule has 0 saturated carbocycles. The number of nitrogen functional groups attached to an aromatic ring is 1. The summed E-state index contributed by atoms with van der Waals surface area (Å²) in [5.41, 5.74) is 8.19. The maximum atomic E-state index is 10.6. The van der Waals surface area contributed by atoms with Crippen molar-refractivity contribution in [3.63, 3.8) is 0 Å². The number of nitro groups is 1. The van der Waals surface area contributed by atoms with Crippen LogP contribution in [0, 0.1) is 10.1 Å². The molecule has 4 nitrogen and oxygen atoms in total. The molecule has 0 aromatic heterocycles. The van der Waals surface area contributed by atoms with Crippen molar-refractivity contribution < 1.29 is 4.92 Å². The Labute approximate surface area is 117 Å². The van der Waals surface area contributed by atoms with Crippen LogP contribution in [0.15, 0.2) is 48.5 Å². The van der Waals surface area contributed by atoms with E-state index in [1.165, 1.54) is 12.1 Å². The lowest BCUT2D eigenvalue weighted by Gasteiger charge is -1.97. The van der Waals surface area contributed by atoms with Crippen LogP contribution in [0.5, 0.6) is 0 Å². The average molecular weight is 277 g/mol. The lowest BCUT2D eigenvalue weighted by Crippen LogP contribution is -1.87. The van der Waals surface area contributed by atoms with Crippen LogP contribution in [0.2, 0.25) is 0 Å². The highest BCUT2D eigenvalue weighted by molar-refractivity contribution is 5.85. The minimum absolute atomic E-state index is 0. The molecule has 2 N–H and O–H groups in total. The van der Waals surface area contributed by atoms with E-state index < -0.39 is 4.92 Å². The molecule has 0 heterocycles. The summed E-state index contributed by atoms with van der Waals surface area (Å²) in [4.78, 5) is 10.2. The summed E-state index contributed by atoms with van der Waals surface area (Å²) in [5.74, 6) is 0. The van der Waals surface area contributed by atoms with Gasteiger partial charge in [0, 0.05) is 17.8 Å². The highest BCUT2D eigenvalue weighted by Crippen LogP contribution is 2.16. The van der Waals surface area contributed by atoms with Gasteiger partial charge in [-0.3, -0.25) is 10.1 Å². The van der Waals surface area contributed by atoms with Crippen LogP contribution in [0.3, 0.4) is 0 Å². The van der Waals surface area contributed by atoms with Crippen LogP contribution in [0.1, 0.15) is 11.1 Å². The monoisotopic (exact) mass is 276 g/mol. The number of anilines is 1. The summed E-state index contributed by atoms with van der Waals surface area (Å²) in [5, 5.41) is 10.6. The largest absolute Gasteiger partial charge is 0.399 e. The van der Waals surface area contributed by atoms with Gasteiger partial charge in [-0.2, -0.15) is 0 Å². The van der Waals surface area contributed by atoms with Gasteiger partial charge in [-0.25, -0.2) is 0 Å². The summed E-state index contributed by atoms with van der Waals surface area (Å²) in [7, 11) is 0. The van der Waals surface area contributed by atoms with E-state index in [9.17, 15) is 10.1 Å². The van der Waals surface area contributed by atoms with Crippen molar-refractivity contribution in [2.75, 3.05) is 5.73 Å². The summed E-state index contributed by atoms with van der Waals surface area (Å²) in [6.45, 7) is 0. The third-order valence-electron chi connectivity index (χ3n) is 2.46. The molecule has 2 aromatic carbocycles. The van der Waals surface area contributed by atoms with Gasteiger partial charge in [0.2, 0.25) is 0 Å². The maximum absolute atomic E-state index is 10.6. The Balaban J connectivity index is 0.00000180. The SMILES string of the molecule is Cl.Nc1cccc(/C=C/c2cccc([N+](=O)[O-])c2)c1. The van der Waals surface area contributed by atoms with Crippen LogP contribution < -0.4 is 5.73 Å². The predicted molar refractivity (Wildman–Crippen MR) is 80.1 cm³/mol. The van der Waals surface area contributed by atoms with E-state index in [2.05, 4.69) is 0 Å². The lowest BCUT2D eigenvalue weighted by atomic mass is 10.1. The van der Waals surface area contributed by atoms with E-state index in [-0.39, 0.29) is 18.1 Å². The van der Waals surface area contributed by atoms with Crippen LogP contribution >= 0.6 is 12.4 Å². The highest BCUT2D eigenvalue weighted by atomic mass is 35.5. The lowest BCUT2D eigenvalue weighted by molar-refractivity contribution is -0.384. The van der Waals surface area contributed by atoms with Crippen molar-refractivity contribution in [1.82, 2.24) is 0 Å². The van der Waals surface area contributed by atoms with Crippen LogP contribution in [0.25, 0.3) is 12.2 Å². The van der Waals surface area contributed by atoms with Crippen LogP contribution in [0.4, 0.5) is 11.4 Å². The van der Waals surface area contributed by atoms with Gasteiger partial charge >= 0.3 is 0 Å². The van der Waals surface area contributed by atoms with Crippen molar-refractivity contribution in [3.8, 4) is 0 Å². The first-order chi connectivity index (χ1) is 8.65. The molecule has 2 rings (SSSR count). The number of rotatable bonds is 3. The number of nitrogens with two attached hydrogens (primary N) is 1. The van der Waals surface area contributed by atoms with Crippen LogP contribution in [-0.2, 0) is 0 Å². The minimum atomic E-state index is -0.405. The Morgan fingerprint density at radius 3 is 2.16 bits per heavy atom. The summed E-state index contributed by atoms with van der Waals surface area (Å²) in [6.07, 6.45) is 3.69. The molecule has 0 aliphatic heterocycles. The van der Waals surface area contributed by atoms with Gasteiger partial charge in [0.1, 0.15) is 0 Å². The number of non-ortho nitro benzene ring substituents is 1.